The van der Waals surface area contributed by atoms with Gasteiger partial charge in [-0.05, 0) is 42.7 Å². The van der Waals surface area contributed by atoms with Gasteiger partial charge in [0.05, 0.1) is 10.7 Å². The SMILES string of the molecule is CSCCC(NC(=O)COc1ccccc1)C(=O)Nc1ccccc1Cl. The van der Waals surface area contributed by atoms with Crippen LogP contribution in [0.15, 0.2) is 54.6 Å². The minimum atomic E-state index is -0.661. The molecule has 7 heteroatoms. The molecule has 0 spiro atoms. The van der Waals surface area contributed by atoms with Crippen LogP contribution in [-0.4, -0.2) is 36.5 Å². The van der Waals surface area contributed by atoms with E-state index in [1.165, 1.54) is 0 Å². The summed E-state index contributed by atoms with van der Waals surface area (Å²) in [6, 6.07) is 15.4. The highest BCUT2D eigenvalue weighted by molar-refractivity contribution is 7.98. The Morgan fingerprint density at radius 2 is 1.81 bits per heavy atom. The van der Waals surface area contributed by atoms with Crippen LogP contribution in [0.5, 0.6) is 5.75 Å². The van der Waals surface area contributed by atoms with Crippen LogP contribution in [0, 0.1) is 0 Å². The molecular weight excluding hydrogens is 372 g/mol. The molecule has 0 saturated heterocycles. The highest BCUT2D eigenvalue weighted by Gasteiger charge is 2.21. The Balaban J connectivity index is 1.93. The predicted molar refractivity (Wildman–Crippen MR) is 107 cm³/mol. The van der Waals surface area contributed by atoms with Crippen LogP contribution in [0.2, 0.25) is 5.02 Å². The summed E-state index contributed by atoms with van der Waals surface area (Å²) in [4.78, 5) is 24.7. The average Bonchev–Trinajstić information content (AvgIpc) is 2.66. The van der Waals surface area contributed by atoms with Gasteiger partial charge in [0.1, 0.15) is 11.8 Å². The van der Waals surface area contributed by atoms with Crippen molar-refractivity contribution in [3.63, 3.8) is 0 Å². The first-order valence-corrected chi connectivity index (χ1v) is 9.89. The minimum absolute atomic E-state index is 0.154. The predicted octanol–water partition coefficient (Wildman–Crippen LogP) is 3.60. The van der Waals surface area contributed by atoms with E-state index in [2.05, 4.69) is 10.6 Å². The maximum atomic E-state index is 12.5. The van der Waals surface area contributed by atoms with Crippen LogP contribution in [0.25, 0.3) is 0 Å². The monoisotopic (exact) mass is 392 g/mol. The topological polar surface area (TPSA) is 67.4 Å². The Hall–Kier alpha value is -2.18. The van der Waals surface area contributed by atoms with E-state index in [9.17, 15) is 9.59 Å². The summed E-state index contributed by atoms with van der Waals surface area (Å²) < 4.78 is 5.42. The highest BCUT2D eigenvalue weighted by atomic mass is 35.5. The van der Waals surface area contributed by atoms with Crippen molar-refractivity contribution in [2.45, 2.75) is 12.5 Å². The Kier molecular flexibility index (Phi) is 8.31. The van der Waals surface area contributed by atoms with Crippen molar-refractivity contribution in [1.29, 1.82) is 0 Å². The third kappa shape index (κ3) is 6.61. The number of para-hydroxylation sites is 2. The van der Waals surface area contributed by atoms with Crippen molar-refractivity contribution in [2.24, 2.45) is 0 Å². The summed E-state index contributed by atoms with van der Waals surface area (Å²) in [7, 11) is 0. The third-order valence-electron chi connectivity index (χ3n) is 3.51. The van der Waals surface area contributed by atoms with Crippen LogP contribution in [0.3, 0.4) is 0 Å². The van der Waals surface area contributed by atoms with Crippen LogP contribution in [-0.2, 0) is 9.59 Å². The van der Waals surface area contributed by atoms with Gasteiger partial charge in [0, 0.05) is 0 Å². The summed E-state index contributed by atoms with van der Waals surface area (Å²) in [5, 5.41) is 5.94. The molecule has 2 N–H and O–H groups in total. The second-order valence-corrected chi connectivity index (χ2v) is 6.87. The van der Waals surface area contributed by atoms with Crippen LogP contribution < -0.4 is 15.4 Å². The summed E-state index contributed by atoms with van der Waals surface area (Å²) >= 11 is 7.68. The lowest BCUT2D eigenvalue weighted by molar-refractivity contribution is -0.127. The van der Waals surface area contributed by atoms with E-state index in [4.69, 9.17) is 16.3 Å². The van der Waals surface area contributed by atoms with Crippen LogP contribution in [0.4, 0.5) is 5.69 Å². The molecule has 26 heavy (non-hydrogen) atoms. The Labute approximate surface area is 162 Å². The van der Waals surface area contributed by atoms with Gasteiger partial charge in [0.2, 0.25) is 5.91 Å². The van der Waals surface area contributed by atoms with Gasteiger partial charge in [0.25, 0.3) is 5.91 Å². The molecule has 2 amide bonds. The van der Waals surface area contributed by atoms with Crippen molar-refractivity contribution in [3.05, 3.63) is 59.6 Å². The lowest BCUT2D eigenvalue weighted by Gasteiger charge is -2.18. The molecule has 2 aromatic carbocycles. The molecule has 2 aromatic rings. The van der Waals surface area contributed by atoms with E-state index in [1.54, 1.807) is 48.2 Å². The number of amides is 2. The molecule has 0 radical (unpaired) electrons. The zero-order valence-electron chi connectivity index (χ0n) is 14.4. The number of anilines is 1. The van der Waals surface area contributed by atoms with E-state index in [-0.39, 0.29) is 18.4 Å². The number of ether oxygens (including phenoxy) is 1. The van der Waals surface area contributed by atoms with E-state index in [1.807, 2.05) is 24.5 Å². The first kappa shape index (κ1) is 20.1. The zero-order valence-corrected chi connectivity index (χ0v) is 16.0. The van der Waals surface area contributed by atoms with Crippen molar-refractivity contribution in [3.8, 4) is 5.75 Å². The fourth-order valence-corrected chi connectivity index (χ4v) is 2.84. The van der Waals surface area contributed by atoms with Crippen molar-refractivity contribution in [1.82, 2.24) is 5.32 Å². The van der Waals surface area contributed by atoms with Gasteiger partial charge in [-0.1, -0.05) is 41.9 Å². The average molecular weight is 393 g/mol. The van der Waals surface area contributed by atoms with Crippen molar-refractivity contribution < 1.29 is 14.3 Å². The van der Waals surface area contributed by atoms with Crippen molar-refractivity contribution in [2.75, 3.05) is 23.9 Å². The van der Waals surface area contributed by atoms with Crippen LogP contribution in [0.1, 0.15) is 6.42 Å². The largest absolute Gasteiger partial charge is 0.484 e. The van der Waals surface area contributed by atoms with E-state index >= 15 is 0 Å². The number of halogens is 1. The van der Waals surface area contributed by atoms with Crippen LogP contribution >= 0.6 is 23.4 Å². The van der Waals surface area contributed by atoms with Gasteiger partial charge in [-0.15, -0.1) is 0 Å². The maximum Gasteiger partial charge on any atom is 0.258 e. The molecule has 138 valence electrons. The van der Waals surface area contributed by atoms with Gasteiger partial charge in [-0.25, -0.2) is 0 Å². The Morgan fingerprint density at radius 3 is 2.50 bits per heavy atom. The molecule has 1 atom stereocenters. The van der Waals surface area contributed by atoms with Gasteiger partial charge in [0.15, 0.2) is 6.61 Å². The van der Waals surface area contributed by atoms with E-state index in [0.717, 1.165) is 5.75 Å². The second-order valence-electron chi connectivity index (χ2n) is 5.47. The summed E-state index contributed by atoms with van der Waals surface area (Å²) in [6.45, 7) is -0.154. The summed E-state index contributed by atoms with van der Waals surface area (Å²) in [5.74, 6) is 0.679. The molecule has 1 unspecified atom stereocenters. The molecule has 0 aliphatic rings. The number of benzene rings is 2. The quantitative estimate of drug-likeness (QED) is 0.684. The Bertz CT molecular complexity index is 728. The number of hydrogen-bond donors (Lipinski definition) is 2. The fourth-order valence-electron chi connectivity index (χ4n) is 2.19. The first-order valence-electron chi connectivity index (χ1n) is 8.11. The summed E-state index contributed by atoms with van der Waals surface area (Å²) in [6.07, 6.45) is 2.46. The maximum absolute atomic E-state index is 12.5. The molecule has 0 aliphatic carbocycles. The number of carbonyl (C=O) groups excluding carboxylic acids is 2. The normalized spacial score (nSPS) is 11.5. The molecular formula is C19H21ClN2O3S. The van der Waals surface area contributed by atoms with Gasteiger partial charge < -0.3 is 15.4 Å². The second kappa shape index (κ2) is 10.7. The first-order chi connectivity index (χ1) is 12.6. The molecule has 0 heterocycles. The standard InChI is InChI=1S/C19H21ClN2O3S/c1-26-12-11-17(19(24)22-16-10-6-5-9-15(16)20)21-18(23)13-25-14-7-3-2-4-8-14/h2-10,17H,11-13H2,1H3,(H,21,23)(H,22,24). The molecule has 0 fully saturated rings. The number of rotatable bonds is 9. The summed E-state index contributed by atoms with van der Waals surface area (Å²) in [5.41, 5.74) is 0.517. The molecule has 0 aliphatic heterocycles. The van der Waals surface area contributed by atoms with E-state index in [0.29, 0.717) is 22.9 Å². The molecule has 0 bridgehead atoms. The number of carbonyl (C=O) groups is 2. The molecule has 5 nitrogen and oxygen atoms in total. The number of hydrogen-bond acceptors (Lipinski definition) is 4. The molecule has 0 aromatic heterocycles. The van der Waals surface area contributed by atoms with Crippen molar-refractivity contribution >= 4 is 40.9 Å². The van der Waals surface area contributed by atoms with Gasteiger partial charge >= 0.3 is 0 Å². The van der Waals surface area contributed by atoms with Gasteiger partial charge in [-0.2, -0.15) is 11.8 Å². The fraction of sp³-hybridized carbons (Fsp3) is 0.263. The molecule has 0 saturated carbocycles. The number of thioether (sulfide) groups is 1. The zero-order chi connectivity index (χ0) is 18.8. The highest BCUT2D eigenvalue weighted by Crippen LogP contribution is 2.20. The third-order valence-corrected chi connectivity index (χ3v) is 4.48. The number of nitrogens with one attached hydrogen (secondary N) is 2. The van der Waals surface area contributed by atoms with E-state index < -0.39 is 6.04 Å². The van der Waals surface area contributed by atoms with Gasteiger partial charge in [-0.3, -0.25) is 9.59 Å². The lowest BCUT2D eigenvalue weighted by atomic mass is 10.2. The molecule has 2 rings (SSSR count). The lowest BCUT2D eigenvalue weighted by Crippen LogP contribution is -2.45. The minimum Gasteiger partial charge on any atom is -0.484 e. The smallest absolute Gasteiger partial charge is 0.258 e. The Morgan fingerprint density at radius 1 is 1.12 bits per heavy atom.